The molecule has 1 aromatic carbocycles. The average molecular weight is 398 g/mol. The van der Waals surface area contributed by atoms with Crippen LogP contribution in [0.15, 0.2) is 24.3 Å². The van der Waals surface area contributed by atoms with Gasteiger partial charge in [-0.3, -0.25) is 4.79 Å². The van der Waals surface area contributed by atoms with Gasteiger partial charge >= 0.3 is 0 Å². The molecule has 1 aliphatic rings. The highest BCUT2D eigenvalue weighted by Gasteiger charge is 2.21. The Labute approximate surface area is 169 Å². The van der Waals surface area contributed by atoms with E-state index in [2.05, 4.69) is 24.2 Å². The molecule has 2 aromatic heterocycles. The lowest BCUT2D eigenvalue weighted by Crippen LogP contribution is -2.39. The summed E-state index contributed by atoms with van der Waals surface area (Å²) in [6, 6.07) is 8.26. The molecule has 0 atom stereocenters. The van der Waals surface area contributed by atoms with Crippen molar-refractivity contribution in [3.05, 3.63) is 35.5 Å². The van der Waals surface area contributed by atoms with Gasteiger partial charge < -0.3 is 9.80 Å². The minimum atomic E-state index is 0.195. The largest absolute Gasteiger partial charge is 0.342 e. The molecule has 0 spiro atoms. The first-order chi connectivity index (χ1) is 13.5. The van der Waals surface area contributed by atoms with E-state index in [9.17, 15) is 4.79 Å². The van der Waals surface area contributed by atoms with Gasteiger partial charge in [0.15, 0.2) is 10.8 Å². The summed E-state index contributed by atoms with van der Waals surface area (Å²) in [5.41, 5.74) is 4.03. The fourth-order valence-electron chi connectivity index (χ4n) is 3.72. The van der Waals surface area contributed by atoms with E-state index in [1.165, 1.54) is 18.4 Å². The summed E-state index contributed by atoms with van der Waals surface area (Å²) in [7, 11) is 1.95. The molecule has 1 aliphatic heterocycles. The molecule has 1 amide bonds. The minimum Gasteiger partial charge on any atom is -0.342 e. The number of hydrogen-bond acceptors (Lipinski definition) is 5. The van der Waals surface area contributed by atoms with Gasteiger partial charge in [0.05, 0.1) is 22.6 Å². The maximum absolute atomic E-state index is 12.7. The summed E-state index contributed by atoms with van der Waals surface area (Å²) in [6.45, 7) is 6.22. The number of carbonyl (C=O) groups is 1. The smallest absolute Gasteiger partial charge is 0.242 e. The molecular formula is C21H27N5OS. The lowest BCUT2D eigenvalue weighted by atomic mass is 10.2. The van der Waals surface area contributed by atoms with Crippen molar-refractivity contribution in [2.75, 3.05) is 31.6 Å². The van der Waals surface area contributed by atoms with E-state index in [0.29, 0.717) is 6.54 Å². The summed E-state index contributed by atoms with van der Waals surface area (Å²) >= 11 is 1.61. The van der Waals surface area contributed by atoms with Crippen LogP contribution in [0.1, 0.15) is 36.9 Å². The molecule has 0 unspecified atom stereocenters. The molecule has 0 saturated carbocycles. The standard InChI is InChI=1S/C21H27N5OS/c1-15-9-8-10-17(13-15)26-20-19(16(2)23-26)28-21(22-20)24(3)14-18(27)25-11-6-4-5-7-12-25/h8-10,13H,4-7,11-12,14H2,1-3H3. The van der Waals surface area contributed by atoms with Crippen LogP contribution in [0.4, 0.5) is 5.13 Å². The van der Waals surface area contributed by atoms with Crippen molar-refractivity contribution < 1.29 is 4.79 Å². The number of carbonyl (C=O) groups excluding carboxylic acids is 1. The Kier molecular flexibility index (Phi) is 5.35. The van der Waals surface area contributed by atoms with Crippen LogP contribution < -0.4 is 4.90 Å². The highest BCUT2D eigenvalue weighted by Crippen LogP contribution is 2.32. The van der Waals surface area contributed by atoms with Gasteiger partial charge in [-0.1, -0.05) is 36.3 Å². The number of aromatic nitrogens is 3. The zero-order chi connectivity index (χ0) is 19.7. The monoisotopic (exact) mass is 397 g/mol. The Hall–Kier alpha value is -2.41. The number of amides is 1. The molecule has 7 heteroatoms. The third-order valence-corrected chi connectivity index (χ3v) is 6.55. The molecule has 0 N–H and O–H groups in total. The van der Waals surface area contributed by atoms with Crippen LogP contribution in [0.5, 0.6) is 0 Å². The molecule has 3 aromatic rings. The van der Waals surface area contributed by atoms with Crippen molar-refractivity contribution in [2.24, 2.45) is 0 Å². The van der Waals surface area contributed by atoms with Gasteiger partial charge in [0.1, 0.15) is 0 Å². The molecule has 4 rings (SSSR count). The topological polar surface area (TPSA) is 54.3 Å². The molecule has 0 aliphatic carbocycles. The quantitative estimate of drug-likeness (QED) is 0.669. The molecule has 6 nitrogen and oxygen atoms in total. The highest BCUT2D eigenvalue weighted by molar-refractivity contribution is 7.22. The van der Waals surface area contributed by atoms with Gasteiger partial charge in [-0.25, -0.2) is 4.68 Å². The van der Waals surface area contributed by atoms with Gasteiger partial charge in [0.2, 0.25) is 5.91 Å². The van der Waals surface area contributed by atoms with E-state index < -0.39 is 0 Å². The number of thiazole rings is 1. The first kappa shape index (κ1) is 18.9. The summed E-state index contributed by atoms with van der Waals surface area (Å²) in [5.74, 6) is 0.195. The van der Waals surface area contributed by atoms with Gasteiger partial charge in [-0.05, 0) is 44.4 Å². The molecule has 1 fully saturated rings. The van der Waals surface area contributed by atoms with Crippen molar-refractivity contribution in [1.82, 2.24) is 19.7 Å². The van der Waals surface area contributed by atoms with Gasteiger partial charge in [0.25, 0.3) is 0 Å². The Morgan fingerprint density at radius 1 is 1.18 bits per heavy atom. The van der Waals surface area contributed by atoms with Crippen LogP contribution in [0, 0.1) is 13.8 Å². The average Bonchev–Trinajstić information content (AvgIpc) is 3.11. The second-order valence-corrected chi connectivity index (χ2v) is 8.61. The Balaban J connectivity index is 1.57. The Morgan fingerprint density at radius 3 is 2.64 bits per heavy atom. The summed E-state index contributed by atoms with van der Waals surface area (Å²) in [4.78, 5) is 21.5. The second kappa shape index (κ2) is 7.91. The maximum Gasteiger partial charge on any atom is 0.242 e. The van der Waals surface area contributed by atoms with Gasteiger partial charge in [-0.2, -0.15) is 10.1 Å². The number of likely N-dealkylation sites (N-methyl/N-ethyl adjacent to an activating group) is 1. The number of aryl methyl sites for hydroxylation is 2. The van der Waals surface area contributed by atoms with Gasteiger partial charge in [0, 0.05) is 20.1 Å². The van der Waals surface area contributed by atoms with E-state index in [-0.39, 0.29) is 5.91 Å². The molecule has 0 bridgehead atoms. The van der Waals surface area contributed by atoms with E-state index >= 15 is 0 Å². The third-order valence-electron chi connectivity index (χ3n) is 5.28. The van der Waals surface area contributed by atoms with E-state index in [0.717, 1.165) is 52.8 Å². The van der Waals surface area contributed by atoms with Crippen LogP contribution >= 0.6 is 11.3 Å². The lowest BCUT2D eigenvalue weighted by Gasteiger charge is -2.23. The van der Waals surface area contributed by atoms with Crippen LogP contribution in [-0.4, -0.2) is 52.3 Å². The number of rotatable bonds is 4. The number of anilines is 1. The first-order valence-corrected chi connectivity index (χ1v) is 10.8. The Bertz CT molecular complexity index is 984. The normalized spacial score (nSPS) is 15.0. The molecule has 3 heterocycles. The molecular weight excluding hydrogens is 370 g/mol. The Morgan fingerprint density at radius 2 is 1.93 bits per heavy atom. The molecule has 28 heavy (non-hydrogen) atoms. The minimum absolute atomic E-state index is 0.195. The van der Waals surface area contributed by atoms with Crippen molar-refractivity contribution in [2.45, 2.75) is 39.5 Å². The van der Waals surface area contributed by atoms with Crippen molar-refractivity contribution in [3.63, 3.8) is 0 Å². The van der Waals surface area contributed by atoms with Gasteiger partial charge in [-0.15, -0.1) is 0 Å². The summed E-state index contributed by atoms with van der Waals surface area (Å²) in [5, 5.41) is 5.54. The number of fused-ring (bicyclic) bond motifs is 1. The maximum atomic E-state index is 12.7. The molecule has 148 valence electrons. The summed E-state index contributed by atoms with van der Waals surface area (Å²) < 4.78 is 2.98. The lowest BCUT2D eigenvalue weighted by molar-refractivity contribution is -0.129. The third kappa shape index (κ3) is 3.76. The molecule has 0 radical (unpaired) electrons. The van der Waals surface area contributed by atoms with Crippen molar-refractivity contribution in [3.8, 4) is 5.69 Å². The van der Waals surface area contributed by atoms with Crippen LogP contribution in [0.3, 0.4) is 0 Å². The first-order valence-electron chi connectivity index (χ1n) is 9.95. The fourth-order valence-corrected chi connectivity index (χ4v) is 4.66. The predicted octanol–water partition coefficient (Wildman–Crippen LogP) is 3.94. The van der Waals surface area contributed by atoms with E-state index in [1.54, 1.807) is 11.3 Å². The SMILES string of the molecule is Cc1cccc(-n2nc(C)c3sc(N(C)CC(=O)N4CCCCCC4)nc32)c1. The second-order valence-electron chi connectivity index (χ2n) is 7.64. The van der Waals surface area contributed by atoms with E-state index in [1.807, 2.05) is 40.6 Å². The van der Waals surface area contributed by atoms with Crippen LogP contribution in [0.2, 0.25) is 0 Å². The van der Waals surface area contributed by atoms with E-state index in [4.69, 9.17) is 4.98 Å². The highest BCUT2D eigenvalue weighted by atomic mass is 32.1. The number of benzene rings is 1. The molecule has 1 saturated heterocycles. The van der Waals surface area contributed by atoms with Crippen molar-refractivity contribution in [1.29, 1.82) is 0 Å². The zero-order valence-electron chi connectivity index (χ0n) is 16.8. The zero-order valence-corrected chi connectivity index (χ0v) is 17.6. The fraction of sp³-hybridized carbons (Fsp3) is 0.476. The van der Waals surface area contributed by atoms with Crippen molar-refractivity contribution >= 4 is 32.7 Å². The van der Waals surface area contributed by atoms with Crippen LogP contribution in [-0.2, 0) is 4.79 Å². The summed E-state index contributed by atoms with van der Waals surface area (Å²) in [6.07, 6.45) is 4.68. The van der Waals surface area contributed by atoms with Crippen LogP contribution in [0.25, 0.3) is 16.0 Å². The predicted molar refractivity (Wildman–Crippen MR) is 115 cm³/mol. The number of nitrogens with zero attached hydrogens (tertiary/aromatic N) is 5. The number of likely N-dealkylation sites (tertiary alicyclic amines) is 1. The number of hydrogen-bond donors (Lipinski definition) is 0.